The molecular formula is C22H22N2O4. The van der Waals surface area contributed by atoms with Gasteiger partial charge in [0.15, 0.2) is 11.5 Å². The molecule has 144 valence electrons. The van der Waals surface area contributed by atoms with E-state index in [1.54, 1.807) is 4.90 Å². The Labute approximate surface area is 163 Å². The molecule has 1 saturated heterocycles. The molecule has 0 radical (unpaired) electrons. The third kappa shape index (κ3) is 2.99. The van der Waals surface area contributed by atoms with E-state index in [4.69, 9.17) is 9.47 Å². The van der Waals surface area contributed by atoms with E-state index in [1.165, 1.54) is 11.1 Å². The Morgan fingerprint density at radius 3 is 2.89 bits per heavy atom. The van der Waals surface area contributed by atoms with Crippen LogP contribution >= 0.6 is 0 Å². The summed E-state index contributed by atoms with van der Waals surface area (Å²) in [4.78, 5) is 29.1. The maximum atomic E-state index is 12.8. The number of hydrogen-bond donors (Lipinski definition) is 0. The number of aryl methyl sites for hydroxylation is 1. The molecule has 6 nitrogen and oxygen atoms in total. The molecule has 0 N–H and O–H groups in total. The molecule has 0 bridgehead atoms. The van der Waals surface area contributed by atoms with Crippen LogP contribution in [0.3, 0.4) is 0 Å². The zero-order valence-electron chi connectivity index (χ0n) is 15.6. The third-order valence-electron chi connectivity index (χ3n) is 5.87. The molecule has 2 amide bonds. The Kier molecular flexibility index (Phi) is 4.19. The van der Waals surface area contributed by atoms with E-state index >= 15 is 0 Å². The van der Waals surface area contributed by atoms with Gasteiger partial charge in [-0.05, 0) is 41.7 Å². The molecular weight excluding hydrogens is 356 g/mol. The van der Waals surface area contributed by atoms with Crippen LogP contribution in [0, 0.1) is 0 Å². The standard InChI is InChI=1S/C22H22N2O4/c25-21(8-6-15-5-7-19-20(11-15)28-14-27-19)23-12-18-17-4-2-1-3-16(17)9-10-24(18)22(26)13-23/h1-5,7,11,18H,6,8-10,12-14H2. The summed E-state index contributed by atoms with van der Waals surface area (Å²) in [6.07, 6.45) is 1.88. The Balaban J connectivity index is 1.28. The number of rotatable bonds is 3. The molecule has 2 aromatic carbocycles. The molecule has 3 aliphatic rings. The number of piperazine rings is 1. The van der Waals surface area contributed by atoms with E-state index < -0.39 is 0 Å². The lowest BCUT2D eigenvalue weighted by molar-refractivity contribution is -0.149. The number of benzene rings is 2. The molecule has 0 saturated carbocycles. The number of amides is 2. The van der Waals surface area contributed by atoms with E-state index in [0.717, 1.165) is 30.0 Å². The largest absolute Gasteiger partial charge is 0.454 e. The lowest BCUT2D eigenvalue weighted by Gasteiger charge is -2.44. The number of carbonyl (C=O) groups excluding carboxylic acids is 2. The van der Waals surface area contributed by atoms with Gasteiger partial charge in [-0.15, -0.1) is 0 Å². The average molecular weight is 378 g/mol. The monoisotopic (exact) mass is 378 g/mol. The maximum Gasteiger partial charge on any atom is 0.242 e. The van der Waals surface area contributed by atoms with Gasteiger partial charge in [-0.3, -0.25) is 9.59 Å². The number of fused-ring (bicyclic) bond motifs is 4. The highest BCUT2D eigenvalue weighted by Crippen LogP contribution is 2.34. The number of ether oxygens (including phenoxy) is 2. The zero-order valence-corrected chi connectivity index (χ0v) is 15.6. The average Bonchev–Trinajstić information content (AvgIpc) is 3.19. The van der Waals surface area contributed by atoms with Gasteiger partial charge in [-0.2, -0.15) is 0 Å². The SMILES string of the molecule is O=C(CCc1ccc2c(c1)OCO2)N1CC(=O)N2CCc3ccccc3C2C1. The van der Waals surface area contributed by atoms with Gasteiger partial charge >= 0.3 is 0 Å². The molecule has 1 unspecified atom stereocenters. The van der Waals surface area contributed by atoms with Gasteiger partial charge in [0.25, 0.3) is 0 Å². The summed E-state index contributed by atoms with van der Waals surface area (Å²) in [5.41, 5.74) is 3.49. The first-order valence-electron chi connectivity index (χ1n) is 9.72. The zero-order chi connectivity index (χ0) is 19.1. The van der Waals surface area contributed by atoms with Crippen molar-refractivity contribution in [2.75, 3.05) is 26.4 Å². The van der Waals surface area contributed by atoms with Gasteiger partial charge < -0.3 is 19.3 Å². The number of hydrogen-bond acceptors (Lipinski definition) is 4. The Morgan fingerprint density at radius 1 is 1.11 bits per heavy atom. The van der Waals surface area contributed by atoms with Crippen molar-refractivity contribution in [2.45, 2.75) is 25.3 Å². The molecule has 0 aliphatic carbocycles. The van der Waals surface area contributed by atoms with Gasteiger partial charge in [-0.25, -0.2) is 0 Å². The molecule has 3 heterocycles. The first-order valence-corrected chi connectivity index (χ1v) is 9.72. The minimum atomic E-state index is -0.0271. The molecule has 5 rings (SSSR count). The Morgan fingerprint density at radius 2 is 1.96 bits per heavy atom. The van der Waals surface area contributed by atoms with Crippen LogP contribution in [0.1, 0.15) is 29.2 Å². The van der Waals surface area contributed by atoms with Crippen LogP contribution in [-0.2, 0) is 22.4 Å². The summed E-state index contributed by atoms with van der Waals surface area (Å²) in [5, 5.41) is 0. The van der Waals surface area contributed by atoms with Crippen molar-refractivity contribution in [1.29, 1.82) is 0 Å². The van der Waals surface area contributed by atoms with Crippen molar-refractivity contribution < 1.29 is 19.1 Å². The lowest BCUT2D eigenvalue weighted by Crippen LogP contribution is -2.55. The minimum Gasteiger partial charge on any atom is -0.454 e. The molecule has 0 aromatic heterocycles. The van der Waals surface area contributed by atoms with E-state index in [2.05, 4.69) is 12.1 Å². The minimum absolute atomic E-state index is 0.0220. The van der Waals surface area contributed by atoms with Gasteiger partial charge in [0.05, 0.1) is 12.6 Å². The topological polar surface area (TPSA) is 59.1 Å². The first-order chi connectivity index (χ1) is 13.7. The van der Waals surface area contributed by atoms with E-state index in [0.29, 0.717) is 19.4 Å². The van der Waals surface area contributed by atoms with E-state index in [9.17, 15) is 9.59 Å². The lowest BCUT2D eigenvalue weighted by atomic mass is 9.90. The van der Waals surface area contributed by atoms with E-state index in [-0.39, 0.29) is 31.2 Å². The van der Waals surface area contributed by atoms with E-state index in [1.807, 2.05) is 35.2 Å². The van der Waals surface area contributed by atoms with Gasteiger partial charge in [0.1, 0.15) is 0 Å². The Hall–Kier alpha value is -3.02. The van der Waals surface area contributed by atoms with Crippen molar-refractivity contribution in [3.63, 3.8) is 0 Å². The fraction of sp³-hybridized carbons (Fsp3) is 0.364. The van der Waals surface area contributed by atoms with Gasteiger partial charge in [0.2, 0.25) is 18.6 Å². The molecule has 0 spiro atoms. The Bertz CT molecular complexity index is 942. The second-order valence-corrected chi connectivity index (χ2v) is 7.51. The fourth-order valence-corrected chi connectivity index (χ4v) is 4.37. The van der Waals surface area contributed by atoms with Crippen LogP contribution in [0.15, 0.2) is 42.5 Å². The summed E-state index contributed by atoms with van der Waals surface area (Å²) >= 11 is 0. The second-order valence-electron chi connectivity index (χ2n) is 7.51. The summed E-state index contributed by atoms with van der Waals surface area (Å²) in [7, 11) is 0. The molecule has 1 atom stereocenters. The number of carbonyl (C=O) groups is 2. The summed E-state index contributed by atoms with van der Waals surface area (Å²) in [6, 6.07) is 14.0. The van der Waals surface area contributed by atoms with Crippen LogP contribution in [0.4, 0.5) is 0 Å². The number of nitrogens with zero attached hydrogens (tertiary/aromatic N) is 2. The summed E-state index contributed by atoms with van der Waals surface area (Å²) < 4.78 is 10.7. The van der Waals surface area contributed by atoms with Gasteiger partial charge in [0, 0.05) is 19.5 Å². The highest BCUT2D eigenvalue weighted by Gasteiger charge is 2.38. The molecule has 2 aromatic rings. The third-order valence-corrected chi connectivity index (χ3v) is 5.87. The molecule has 3 aliphatic heterocycles. The van der Waals surface area contributed by atoms with Crippen LogP contribution < -0.4 is 9.47 Å². The quantitative estimate of drug-likeness (QED) is 0.823. The highest BCUT2D eigenvalue weighted by molar-refractivity contribution is 5.87. The van der Waals surface area contributed by atoms with Crippen molar-refractivity contribution in [3.8, 4) is 11.5 Å². The predicted molar refractivity (Wildman–Crippen MR) is 102 cm³/mol. The first kappa shape index (κ1) is 17.1. The molecule has 28 heavy (non-hydrogen) atoms. The second kappa shape index (κ2) is 6.86. The summed E-state index contributed by atoms with van der Waals surface area (Å²) in [6.45, 7) is 1.73. The van der Waals surface area contributed by atoms with Crippen molar-refractivity contribution >= 4 is 11.8 Å². The molecule has 6 heteroatoms. The molecule has 1 fully saturated rings. The predicted octanol–water partition coefficient (Wildman–Crippen LogP) is 2.32. The summed E-state index contributed by atoms with van der Waals surface area (Å²) in [5.74, 6) is 1.54. The van der Waals surface area contributed by atoms with Gasteiger partial charge in [-0.1, -0.05) is 30.3 Å². The van der Waals surface area contributed by atoms with Crippen molar-refractivity contribution in [3.05, 3.63) is 59.2 Å². The van der Waals surface area contributed by atoms with Crippen LogP contribution in [-0.4, -0.2) is 48.0 Å². The fourth-order valence-electron chi connectivity index (χ4n) is 4.37. The maximum absolute atomic E-state index is 12.8. The normalized spacial score (nSPS) is 20.0. The van der Waals surface area contributed by atoms with Crippen LogP contribution in [0.2, 0.25) is 0 Å². The highest BCUT2D eigenvalue weighted by atomic mass is 16.7. The van der Waals surface area contributed by atoms with Crippen molar-refractivity contribution in [1.82, 2.24) is 9.80 Å². The van der Waals surface area contributed by atoms with Crippen LogP contribution in [0.25, 0.3) is 0 Å². The smallest absolute Gasteiger partial charge is 0.242 e. The van der Waals surface area contributed by atoms with Crippen molar-refractivity contribution in [2.24, 2.45) is 0 Å². The van der Waals surface area contributed by atoms with Crippen LogP contribution in [0.5, 0.6) is 11.5 Å².